The molecule has 9 nitrogen and oxygen atoms in total. The molecular formula is C30H43N5O4. The zero-order chi connectivity index (χ0) is 27.5. The van der Waals surface area contributed by atoms with Crippen LogP contribution in [0, 0.1) is 0 Å². The fourth-order valence-electron chi connectivity index (χ4n) is 5.35. The Balaban J connectivity index is 1.12. The highest BCUT2D eigenvalue weighted by atomic mass is 16.6. The van der Waals surface area contributed by atoms with Gasteiger partial charge in [0.2, 0.25) is 0 Å². The number of nitrogens with zero attached hydrogens (tertiary/aromatic N) is 4. The van der Waals surface area contributed by atoms with Gasteiger partial charge in [0.25, 0.3) is 0 Å². The molecular weight excluding hydrogens is 494 g/mol. The van der Waals surface area contributed by atoms with Crippen molar-refractivity contribution in [1.29, 1.82) is 0 Å². The van der Waals surface area contributed by atoms with Gasteiger partial charge in [-0.3, -0.25) is 5.32 Å². The Hall–Kier alpha value is -3.14. The molecule has 39 heavy (non-hydrogen) atoms. The van der Waals surface area contributed by atoms with Crippen molar-refractivity contribution in [3.63, 3.8) is 0 Å². The summed E-state index contributed by atoms with van der Waals surface area (Å²) in [5.74, 6) is 0. The van der Waals surface area contributed by atoms with Gasteiger partial charge in [0.1, 0.15) is 6.10 Å². The van der Waals surface area contributed by atoms with Crippen molar-refractivity contribution in [1.82, 2.24) is 19.6 Å². The lowest BCUT2D eigenvalue weighted by Gasteiger charge is -2.32. The number of piperidine rings is 1. The number of ether oxygens (including phenoxy) is 1. The molecule has 0 radical (unpaired) electrons. The highest BCUT2D eigenvalue weighted by molar-refractivity contribution is 5.91. The van der Waals surface area contributed by atoms with E-state index in [2.05, 4.69) is 15.1 Å². The number of likely N-dealkylation sites (tertiary alicyclic amines) is 1. The van der Waals surface area contributed by atoms with E-state index in [-0.39, 0.29) is 18.7 Å². The summed E-state index contributed by atoms with van der Waals surface area (Å²) in [7, 11) is 1.99. The van der Waals surface area contributed by atoms with E-state index >= 15 is 0 Å². The Labute approximate surface area is 232 Å². The van der Waals surface area contributed by atoms with Gasteiger partial charge < -0.3 is 29.4 Å². The molecule has 2 aliphatic heterocycles. The summed E-state index contributed by atoms with van der Waals surface area (Å²) in [5, 5.41) is 11.9. The van der Waals surface area contributed by atoms with Crippen LogP contribution in [0.25, 0.3) is 11.1 Å². The average molecular weight is 538 g/mol. The molecule has 2 aromatic carbocycles. The van der Waals surface area contributed by atoms with Crippen LogP contribution in [0.15, 0.2) is 54.6 Å². The largest absolute Gasteiger partial charge is 0.446 e. The number of hydrogen-bond donors (Lipinski definition) is 2. The van der Waals surface area contributed by atoms with E-state index in [1.807, 2.05) is 71.4 Å². The number of nitrogens with one attached hydrogen (secondary N) is 1. The molecule has 2 saturated heterocycles. The summed E-state index contributed by atoms with van der Waals surface area (Å²) in [6, 6.07) is 17.9. The summed E-state index contributed by atoms with van der Waals surface area (Å²) in [5.41, 5.74) is 2.76. The number of carbonyl (C=O) groups is 2. The summed E-state index contributed by atoms with van der Waals surface area (Å²) >= 11 is 0. The van der Waals surface area contributed by atoms with Crippen LogP contribution >= 0.6 is 0 Å². The first-order valence-electron chi connectivity index (χ1n) is 14.2. The van der Waals surface area contributed by atoms with Crippen LogP contribution in [-0.4, -0.2) is 115 Å². The molecule has 2 heterocycles. The molecule has 0 bridgehead atoms. The third-order valence-electron chi connectivity index (χ3n) is 7.59. The zero-order valence-corrected chi connectivity index (χ0v) is 23.1. The zero-order valence-electron chi connectivity index (χ0n) is 23.1. The van der Waals surface area contributed by atoms with Gasteiger partial charge in [0.15, 0.2) is 0 Å². The molecule has 3 amide bonds. The SMILES string of the molecule is CN(CCO)CCCN1CCN(CCCN2CCC(OC(=O)Nc3ccccc3-c3ccccc3)CC2)C1=O. The summed E-state index contributed by atoms with van der Waals surface area (Å²) in [6.07, 6.45) is 3.00. The molecule has 0 aromatic heterocycles. The second kappa shape index (κ2) is 14.9. The predicted molar refractivity (Wildman–Crippen MR) is 154 cm³/mol. The number of aliphatic hydroxyl groups is 1. The number of benzene rings is 2. The second-order valence-electron chi connectivity index (χ2n) is 10.5. The minimum absolute atomic E-state index is 0.0877. The van der Waals surface area contributed by atoms with E-state index in [1.165, 1.54) is 0 Å². The van der Waals surface area contributed by atoms with E-state index < -0.39 is 6.09 Å². The lowest BCUT2D eigenvalue weighted by molar-refractivity contribution is 0.0581. The lowest BCUT2D eigenvalue weighted by Crippen LogP contribution is -2.40. The van der Waals surface area contributed by atoms with Gasteiger partial charge in [0.05, 0.1) is 12.3 Å². The molecule has 2 N–H and O–H groups in total. The number of hydrogen-bond acceptors (Lipinski definition) is 6. The van der Waals surface area contributed by atoms with Gasteiger partial charge in [-0.2, -0.15) is 0 Å². The minimum atomic E-state index is -0.408. The van der Waals surface area contributed by atoms with Gasteiger partial charge in [-0.15, -0.1) is 0 Å². The van der Waals surface area contributed by atoms with Crippen molar-refractivity contribution < 1.29 is 19.4 Å². The molecule has 0 aliphatic carbocycles. The van der Waals surface area contributed by atoms with Gasteiger partial charge in [-0.25, -0.2) is 9.59 Å². The predicted octanol–water partition coefficient (Wildman–Crippen LogP) is 3.81. The fourth-order valence-corrected chi connectivity index (χ4v) is 5.35. The molecule has 2 fully saturated rings. The van der Waals surface area contributed by atoms with Crippen LogP contribution in [0.1, 0.15) is 25.7 Å². The molecule has 0 saturated carbocycles. The van der Waals surface area contributed by atoms with Crippen LogP contribution in [0.3, 0.4) is 0 Å². The maximum atomic E-state index is 12.7. The van der Waals surface area contributed by atoms with Crippen molar-refractivity contribution in [2.45, 2.75) is 31.8 Å². The molecule has 9 heteroatoms. The highest BCUT2D eigenvalue weighted by Gasteiger charge is 2.28. The van der Waals surface area contributed by atoms with Crippen molar-refractivity contribution in [2.24, 2.45) is 0 Å². The first-order valence-corrected chi connectivity index (χ1v) is 14.2. The van der Waals surface area contributed by atoms with Crippen LogP contribution in [0.2, 0.25) is 0 Å². The topological polar surface area (TPSA) is 88.6 Å². The summed E-state index contributed by atoms with van der Waals surface area (Å²) < 4.78 is 5.76. The Bertz CT molecular complexity index is 1040. The smallest absolute Gasteiger partial charge is 0.411 e. The first kappa shape index (κ1) is 28.9. The number of aliphatic hydroxyl groups excluding tert-OH is 1. The number of likely N-dealkylation sites (N-methyl/N-ethyl adjacent to an activating group) is 1. The van der Waals surface area contributed by atoms with Crippen molar-refractivity contribution in [3.05, 3.63) is 54.6 Å². The molecule has 2 aromatic rings. The Morgan fingerprint density at radius 3 is 2.31 bits per heavy atom. The van der Waals surface area contributed by atoms with Crippen LogP contribution in [-0.2, 0) is 4.74 Å². The van der Waals surface area contributed by atoms with Crippen LogP contribution in [0.4, 0.5) is 15.3 Å². The number of carbonyl (C=O) groups excluding carboxylic acids is 2. The second-order valence-corrected chi connectivity index (χ2v) is 10.5. The third kappa shape index (κ3) is 8.68. The Morgan fingerprint density at radius 2 is 1.59 bits per heavy atom. The fraction of sp³-hybridized carbons (Fsp3) is 0.533. The molecule has 0 atom stereocenters. The van der Waals surface area contributed by atoms with Gasteiger partial charge >= 0.3 is 12.1 Å². The van der Waals surface area contributed by atoms with Crippen LogP contribution < -0.4 is 5.32 Å². The van der Waals surface area contributed by atoms with Crippen molar-refractivity contribution >= 4 is 17.8 Å². The normalized spacial score (nSPS) is 16.7. The first-order chi connectivity index (χ1) is 19.0. The lowest BCUT2D eigenvalue weighted by atomic mass is 10.0. The third-order valence-corrected chi connectivity index (χ3v) is 7.59. The Morgan fingerprint density at radius 1 is 0.923 bits per heavy atom. The molecule has 2 aliphatic rings. The van der Waals surface area contributed by atoms with Crippen molar-refractivity contribution in [2.75, 3.05) is 77.9 Å². The van der Waals surface area contributed by atoms with Gasteiger partial charge in [-0.1, -0.05) is 48.5 Å². The molecule has 212 valence electrons. The average Bonchev–Trinajstić information content (AvgIpc) is 3.29. The molecule has 0 unspecified atom stereocenters. The number of amides is 3. The van der Waals surface area contributed by atoms with E-state index in [9.17, 15) is 9.59 Å². The van der Waals surface area contributed by atoms with Crippen LogP contribution in [0.5, 0.6) is 0 Å². The summed E-state index contributed by atoms with van der Waals surface area (Å²) in [6.45, 7) is 7.57. The molecule has 4 rings (SSSR count). The minimum Gasteiger partial charge on any atom is -0.446 e. The maximum Gasteiger partial charge on any atom is 0.411 e. The quantitative estimate of drug-likeness (QED) is 0.404. The maximum absolute atomic E-state index is 12.7. The number of urea groups is 1. The molecule has 0 spiro atoms. The van der Waals surface area contributed by atoms with E-state index in [4.69, 9.17) is 9.84 Å². The monoisotopic (exact) mass is 537 g/mol. The number of para-hydroxylation sites is 1. The highest BCUT2D eigenvalue weighted by Crippen LogP contribution is 2.28. The van der Waals surface area contributed by atoms with Crippen molar-refractivity contribution in [3.8, 4) is 11.1 Å². The van der Waals surface area contributed by atoms with E-state index in [1.54, 1.807) is 0 Å². The number of rotatable bonds is 13. The Kier molecular flexibility index (Phi) is 11.0. The summed E-state index contributed by atoms with van der Waals surface area (Å²) in [4.78, 5) is 33.7. The standard InChI is InChI=1S/C30H43N5O4/c1-32(23-24-36)15-7-17-34-21-22-35(30(34)38)18-8-16-33-19-13-26(14-20-33)39-29(37)31-28-12-6-5-11-27(28)25-9-3-2-4-10-25/h2-6,9-12,26,36H,7-8,13-24H2,1H3,(H,31,37). The van der Waals surface area contributed by atoms with Gasteiger partial charge in [0, 0.05) is 51.4 Å². The van der Waals surface area contributed by atoms with Gasteiger partial charge in [-0.05, 0) is 57.5 Å². The van der Waals surface area contributed by atoms with E-state index in [0.717, 1.165) is 94.9 Å². The number of anilines is 1. The van der Waals surface area contributed by atoms with E-state index in [0.29, 0.717) is 6.54 Å².